The highest BCUT2D eigenvalue weighted by atomic mass is 32.1. The van der Waals surface area contributed by atoms with Crippen LogP contribution in [0.1, 0.15) is 11.1 Å². The maximum atomic E-state index is 6.01. The summed E-state index contributed by atoms with van der Waals surface area (Å²) in [4.78, 5) is 13.4. The van der Waals surface area contributed by atoms with E-state index >= 15 is 0 Å². The van der Waals surface area contributed by atoms with E-state index in [1.807, 2.05) is 24.3 Å². The van der Waals surface area contributed by atoms with Gasteiger partial charge in [0.25, 0.3) is 0 Å². The molecule has 0 atom stereocenters. The van der Waals surface area contributed by atoms with E-state index in [4.69, 9.17) is 5.73 Å². The smallest absolute Gasteiger partial charge is 0.213 e. The first-order valence-electron chi connectivity index (χ1n) is 7.42. The van der Waals surface area contributed by atoms with Crippen LogP contribution in [0.3, 0.4) is 0 Å². The Labute approximate surface area is 146 Å². The van der Waals surface area contributed by atoms with Gasteiger partial charge in [-0.1, -0.05) is 34.8 Å². The number of nitrogens with one attached hydrogen (secondary N) is 1. The van der Waals surface area contributed by atoms with Crippen LogP contribution in [-0.4, -0.2) is 15.9 Å². The summed E-state index contributed by atoms with van der Waals surface area (Å²) in [6.07, 6.45) is 0. The van der Waals surface area contributed by atoms with E-state index in [0.717, 1.165) is 25.6 Å². The number of guanidine groups is 1. The molecule has 0 saturated carbocycles. The molecule has 2 heterocycles. The molecule has 0 aliphatic carbocycles. The number of aliphatic imine (C=N–C) groups is 1. The fraction of sp³-hybridized carbons (Fsp3) is 0.118. The second-order valence-corrected chi connectivity index (χ2v) is 7.62. The van der Waals surface area contributed by atoms with Crippen molar-refractivity contribution in [1.82, 2.24) is 9.97 Å². The number of fused-ring (bicyclic) bond motifs is 2. The Balaban J connectivity index is 1.61. The molecule has 24 heavy (non-hydrogen) atoms. The fourth-order valence-corrected chi connectivity index (χ4v) is 4.31. The van der Waals surface area contributed by atoms with E-state index in [0.29, 0.717) is 11.1 Å². The molecule has 0 saturated heterocycles. The molecule has 7 heteroatoms. The highest BCUT2D eigenvalue weighted by molar-refractivity contribution is 7.22. The summed E-state index contributed by atoms with van der Waals surface area (Å²) in [5.41, 5.74) is 10.3. The number of thiazole rings is 2. The minimum atomic E-state index is 0.293. The van der Waals surface area contributed by atoms with Crippen molar-refractivity contribution in [2.24, 2.45) is 10.7 Å². The third-order valence-corrected chi connectivity index (χ3v) is 5.37. The molecule has 5 nitrogen and oxygen atoms in total. The van der Waals surface area contributed by atoms with Crippen molar-refractivity contribution in [3.05, 3.63) is 47.5 Å². The Morgan fingerprint density at radius 1 is 0.958 bits per heavy atom. The van der Waals surface area contributed by atoms with Gasteiger partial charge in [0, 0.05) is 0 Å². The van der Waals surface area contributed by atoms with E-state index in [1.54, 1.807) is 11.3 Å². The van der Waals surface area contributed by atoms with Crippen LogP contribution in [-0.2, 0) is 0 Å². The number of anilines is 1. The highest BCUT2D eigenvalue weighted by Gasteiger charge is 2.07. The second-order valence-electron chi connectivity index (χ2n) is 5.58. The number of nitrogens with two attached hydrogens (primary N) is 1. The molecule has 0 fully saturated rings. The van der Waals surface area contributed by atoms with Gasteiger partial charge in [-0.05, 0) is 49.2 Å². The molecule has 0 amide bonds. The van der Waals surface area contributed by atoms with Crippen molar-refractivity contribution < 1.29 is 0 Å². The first-order valence-corrected chi connectivity index (χ1v) is 9.06. The average molecular weight is 353 g/mol. The lowest BCUT2D eigenvalue weighted by Gasteiger charge is -1.98. The molecule has 2 aromatic heterocycles. The summed E-state index contributed by atoms with van der Waals surface area (Å²) in [6, 6.07) is 12.3. The van der Waals surface area contributed by atoms with Crippen molar-refractivity contribution in [2.75, 3.05) is 5.32 Å². The second kappa shape index (κ2) is 5.85. The molecule has 0 aliphatic rings. The van der Waals surface area contributed by atoms with E-state index in [1.165, 1.54) is 22.5 Å². The zero-order valence-electron chi connectivity index (χ0n) is 13.2. The van der Waals surface area contributed by atoms with Crippen LogP contribution >= 0.6 is 22.7 Å². The molecule has 0 bridgehead atoms. The molecule has 4 rings (SSSR count). The quantitative estimate of drug-likeness (QED) is 0.408. The summed E-state index contributed by atoms with van der Waals surface area (Å²) < 4.78 is 2.23. The maximum absolute atomic E-state index is 6.01. The first-order chi connectivity index (χ1) is 11.6. The van der Waals surface area contributed by atoms with Gasteiger partial charge >= 0.3 is 0 Å². The van der Waals surface area contributed by atoms with Gasteiger partial charge in [0.1, 0.15) is 0 Å². The van der Waals surface area contributed by atoms with Crippen LogP contribution in [0.5, 0.6) is 0 Å². The third kappa shape index (κ3) is 2.95. The van der Waals surface area contributed by atoms with Gasteiger partial charge in [-0.2, -0.15) is 4.99 Å². The van der Waals surface area contributed by atoms with Crippen LogP contribution in [0.25, 0.3) is 20.4 Å². The van der Waals surface area contributed by atoms with Crippen LogP contribution in [0.15, 0.2) is 41.4 Å². The van der Waals surface area contributed by atoms with Crippen LogP contribution in [0.4, 0.5) is 10.3 Å². The van der Waals surface area contributed by atoms with Gasteiger partial charge < -0.3 is 11.1 Å². The van der Waals surface area contributed by atoms with Crippen molar-refractivity contribution in [2.45, 2.75) is 13.8 Å². The van der Waals surface area contributed by atoms with Crippen LogP contribution in [0.2, 0.25) is 0 Å². The first kappa shape index (κ1) is 15.0. The Bertz CT molecular complexity index is 1080. The molecular formula is C17H15N5S2. The Kier molecular flexibility index (Phi) is 3.66. The minimum absolute atomic E-state index is 0.293. The van der Waals surface area contributed by atoms with Gasteiger partial charge in [0.2, 0.25) is 11.1 Å². The molecule has 0 unspecified atom stereocenters. The normalized spacial score (nSPS) is 12.2. The largest absolute Gasteiger partial charge is 0.369 e. The molecule has 3 N–H and O–H groups in total. The number of aryl methyl sites for hydroxylation is 2. The number of aromatic nitrogens is 2. The Morgan fingerprint density at radius 3 is 2.29 bits per heavy atom. The number of benzene rings is 2. The summed E-state index contributed by atoms with van der Waals surface area (Å²) >= 11 is 3.08. The summed E-state index contributed by atoms with van der Waals surface area (Å²) in [5, 5.41) is 4.42. The van der Waals surface area contributed by atoms with Crippen molar-refractivity contribution in [1.29, 1.82) is 0 Å². The zero-order valence-corrected chi connectivity index (χ0v) is 14.8. The number of nitrogens with zero attached hydrogens (tertiary/aromatic N) is 3. The van der Waals surface area contributed by atoms with Crippen molar-refractivity contribution in [3.8, 4) is 0 Å². The van der Waals surface area contributed by atoms with Crippen LogP contribution in [0, 0.1) is 13.8 Å². The molecule has 120 valence electrons. The molecule has 0 aliphatic heterocycles. The number of rotatable bonds is 2. The standard InChI is InChI=1S/C17H15N5S2/c1-9-3-5-11-13(7-9)23-16(19-11)21-15(18)22-17-20-12-6-4-10(2)8-14(12)24-17/h3-8H,1-2H3,(H3,18,19,20,21,22). The molecular weight excluding hydrogens is 338 g/mol. The lowest BCUT2D eigenvalue weighted by atomic mass is 10.2. The monoisotopic (exact) mass is 353 g/mol. The van der Waals surface area contributed by atoms with E-state index < -0.39 is 0 Å². The molecule has 0 spiro atoms. The third-order valence-electron chi connectivity index (χ3n) is 3.53. The molecule has 0 radical (unpaired) electrons. The van der Waals surface area contributed by atoms with Gasteiger partial charge in [-0.25, -0.2) is 9.97 Å². The number of hydrogen-bond donors (Lipinski definition) is 2. The van der Waals surface area contributed by atoms with Crippen molar-refractivity contribution in [3.63, 3.8) is 0 Å². The molecule has 4 aromatic rings. The average Bonchev–Trinajstić information content (AvgIpc) is 3.08. The van der Waals surface area contributed by atoms with Gasteiger partial charge in [0.15, 0.2) is 5.13 Å². The SMILES string of the molecule is Cc1ccc2nc(N=C(N)Nc3nc4ccc(C)cc4s3)sc2c1. The Morgan fingerprint density at radius 2 is 1.58 bits per heavy atom. The lowest BCUT2D eigenvalue weighted by Crippen LogP contribution is -2.21. The van der Waals surface area contributed by atoms with Gasteiger partial charge in [0.05, 0.1) is 20.4 Å². The van der Waals surface area contributed by atoms with Gasteiger partial charge in [-0.15, -0.1) is 0 Å². The minimum Gasteiger partial charge on any atom is -0.369 e. The van der Waals surface area contributed by atoms with E-state index in [9.17, 15) is 0 Å². The zero-order chi connectivity index (χ0) is 16.7. The predicted octanol–water partition coefficient (Wildman–Crippen LogP) is 4.58. The van der Waals surface area contributed by atoms with E-state index in [-0.39, 0.29) is 0 Å². The summed E-state index contributed by atoms with van der Waals surface area (Å²) in [5.74, 6) is 0.293. The fourth-order valence-electron chi connectivity index (χ4n) is 2.39. The Hall–Kier alpha value is -2.51. The maximum Gasteiger partial charge on any atom is 0.213 e. The topological polar surface area (TPSA) is 76.2 Å². The van der Waals surface area contributed by atoms with Gasteiger partial charge in [-0.3, -0.25) is 0 Å². The van der Waals surface area contributed by atoms with Crippen LogP contribution < -0.4 is 11.1 Å². The predicted molar refractivity (Wildman–Crippen MR) is 104 cm³/mol. The lowest BCUT2D eigenvalue weighted by molar-refractivity contribution is 1.36. The number of hydrogen-bond acceptors (Lipinski definition) is 5. The van der Waals surface area contributed by atoms with E-state index in [2.05, 4.69) is 46.3 Å². The highest BCUT2D eigenvalue weighted by Crippen LogP contribution is 2.29. The summed E-state index contributed by atoms with van der Waals surface area (Å²) in [6.45, 7) is 4.13. The van der Waals surface area contributed by atoms with Crippen molar-refractivity contribution >= 4 is 59.3 Å². The summed E-state index contributed by atoms with van der Waals surface area (Å²) in [7, 11) is 0. The molecule has 2 aromatic carbocycles.